The Labute approximate surface area is 246 Å². The molecule has 3 heterocycles. The van der Waals surface area contributed by atoms with Gasteiger partial charge >= 0.3 is 0 Å². The van der Waals surface area contributed by atoms with E-state index in [-0.39, 0.29) is 17.2 Å². The SMILES string of the molecule is COc1cc(C2=C(F)C(NC(c3ccccc3)c3ccccc3)N(C)C(N3C=CNC3)=C2C#N)cc(N2CCCC2)c1. The van der Waals surface area contributed by atoms with E-state index in [1.165, 1.54) is 0 Å². The molecule has 1 atom stereocenters. The zero-order valence-electron chi connectivity index (χ0n) is 23.9. The number of nitrogens with zero attached hydrogens (tertiary/aromatic N) is 4. The summed E-state index contributed by atoms with van der Waals surface area (Å²) in [4.78, 5) is 6.07. The summed E-state index contributed by atoms with van der Waals surface area (Å²) in [6.07, 6.45) is 5.09. The number of methoxy groups -OCH3 is 1. The number of hydrogen-bond acceptors (Lipinski definition) is 7. The number of hydrogen-bond donors (Lipinski definition) is 2. The Bertz CT molecular complexity index is 1520. The molecule has 3 aromatic carbocycles. The van der Waals surface area contributed by atoms with Gasteiger partial charge in [0.25, 0.3) is 0 Å². The van der Waals surface area contributed by atoms with Crippen LogP contribution in [0.5, 0.6) is 5.75 Å². The number of nitriles is 1. The van der Waals surface area contributed by atoms with E-state index in [4.69, 9.17) is 4.74 Å². The zero-order chi connectivity index (χ0) is 29.1. The maximum atomic E-state index is 17.2. The van der Waals surface area contributed by atoms with Gasteiger partial charge in [-0.3, -0.25) is 5.32 Å². The van der Waals surface area contributed by atoms with Crippen molar-refractivity contribution in [3.63, 3.8) is 0 Å². The first-order valence-electron chi connectivity index (χ1n) is 14.3. The molecule has 2 N–H and O–H groups in total. The quantitative estimate of drug-likeness (QED) is 0.365. The number of nitrogens with one attached hydrogen (secondary N) is 2. The van der Waals surface area contributed by atoms with E-state index < -0.39 is 12.0 Å². The normalized spacial score (nSPS) is 18.6. The predicted octanol–water partition coefficient (Wildman–Crippen LogP) is 5.70. The smallest absolute Gasteiger partial charge is 0.146 e. The summed E-state index contributed by atoms with van der Waals surface area (Å²) in [6, 6.07) is 28.0. The van der Waals surface area contributed by atoms with Gasteiger partial charge in [-0.25, -0.2) is 4.39 Å². The molecule has 42 heavy (non-hydrogen) atoms. The molecule has 1 unspecified atom stereocenters. The second-order valence-electron chi connectivity index (χ2n) is 10.7. The molecule has 3 aliphatic heterocycles. The van der Waals surface area contributed by atoms with Crippen molar-refractivity contribution in [3.05, 3.63) is 125 Å². The lowest BCUT2D eigenvalue weighted by atomic mass is 9.91. The van der Waals surface area contributed by atoms with Crippen molar-refractivity contribution in [1.29, 1.82) is 5.26 Å². The first kappa shape index (κ1) is 27.4. The fraction of sp³-hybridized carbons (Fsp3) is 0.265. The molecule has 3 aliphatic rings. The summed E-state index contributed by atoms with van der Waals surface area (Å²) >= 11 is 0. The first-order valence-corrected chi connectivity index (χ1v) is 14.3. The van der Waals surface area contributed by atoms with Crippen LogP contribution < -0.4 is 20.3 Å². The Hall–Kier alpha value is -4.74. The highest BCUT2D eigenvalue weighted by atomic mass is 19.1. The van der Waals surface area contributed by atoms with Crippen LogP contribution in [0.15, 0.2) is 108 Å². The van der Waals surface area contributed by atoms with Crippen molar-refractivity contribution in [3.8, 4) is 11.8 Å². The van der Waals surface area contributed by atoms with Gasteiger partial charge in [-0.1, -0.05) is 60.7 Å². The first-order chi connectivity index (χ1) is 20.6. The maximum Gasteiger partial charge on any atom is 0.146 e. The fourth-order valence-electron chi connectivity index (χ4n) is 6.08. The largest absolute Gasteiger partial charge is 0.497 e. The molecule has 0 bridgehead atoms. The summed E-state index contributed by atoms with van der Waals surface area (Å²) in [7, 11) is 3.45. The molecule has 6 rings (SSSR count). The number of allylic oxidation sites excluding steroid dienone is 2. The van der Waals surface area contributed by atoms with Crippen LogP contribution in [0.1, 0.15) is 35.6 Å². The summed E-state index contributed by atoms with van der Waals surface area (Å²) in [5.74, 6) is 0.843. The fourth-order valence-corrected chi connectivity index (χ4v) is 6.08. The Morgan fingerprint density at radius 3 is 2.24 bits per heavy atom. The Morgan fingerprint density at radius 1 is 1.00 bits per heavy atom. The molecule has 0 amide bonds. The highest BCUT2D eigenvalue weighted by Gasteiger charge is 2.39. The van der Waals surface area contributed by atoms with Crippen LogP contribution in [-0.4, -0.2) is 49.9 Å². The van der Waals surface area contributed by atoms with E-state index in [0.717, 1.165) is 42.7 Å². The number of ether oxygens (including phenoxy) is 1. The summed E-state index contributed by atoms with van der Waals surface area (Å²) in [5, 5.41) is 17.4. The van der Waals surface area contributed by atoms with Crippen LogP contribution in [-0.2, 0) is 0 Å². The van der Waals surface area contributed by atoms with E-state index in [1.54, 1.807) is 7.11 Å². The van der Waals surface area contributed by atoms with Crippen molar-refractivity contribution >= 4 is 11.3 Å². The minimum atomic E-state index is -0.854. The monoisotopic (exact) mass is 562 g/mol. The van der Waals surface area contributed by atoms with Gasteiger partial charge in [-0.05, 0) is 41.7 Å². The van der Waals surface area contributed by atoms with Crippen molar-refractivity contribution < 1.29 is 9.13 Å². The Kier molecular flexibility index (Phi) is 7.85. The van der Waals surface area contributed by atoms with Gasteiger partial charge in [0.2, 0.25) is 0 Å². The van der Waals surface area contributed by atoms with Crippen molar-refractivity contribution in [1.82, 2.24) is 20.4 Å². The molecule has 0 radical (unpaired) electrons. The Balaban J connectivity index is 1.52. The molecule has 3 aromatic rings. The summed E-state index contributed by atoms with van der Waals surface area (Å²) in [6.45, 7) is 2.35. The third kappa shape index (κ3) is 5.19. The minimum Gasteiger partial charge on any atom is -0.497 e. The minimum absolute atomic E-state index is 0.276. The second kappa shape index (κ2) is 12.0. The molecule has 1 saturated heterocycles. The third-order valence-corrected chi connectivity index (χ3v) is 8.17. The average Bonchev–Trinajstić information content (AvgIpc) is 3.77. The van der Waals surface area contributed by atoms with Gasteiger partial charge in [-0.2, -0.15) is 5.26 Å². The van der Waals surface area contributed by atoms with Crippen LogP contribution in [0, 0.1) is 11.3 Å². The molecular weight excluding hydrogens is 527 g/mol. The van der Waals surface area contributed by atoms with Crippen molar-refractivity contribution in [2.75, 3.05) is 38.8 Å². The van der Waals surface area contributed by atoms with Gasteiger partial charge in [0.05, 0.1) is 19.8 Å². The van der Waals surface area contributed by atoms with Crippen molar-refractivity contribution in [2.45, 2.75) is 25.0 Å². The molecule has 7 nitrogen and oxygen atoms in total. The van der Waals surface area contributed by atoms with Crippen LogP contribution in [0.3, 0.4) is 0 Å². The number of rotatable bonds is 8. The summed E-state index contributed by atoms with van der Waals surface area (Å²) in [5.41, 5.74) is 4.18. The number of halogens is 1. The topological polar surface area (TPSA) is 66.8 Å². The van der Waals surface area contributed by atoms with Gasteiger partial charge in [0.1, 0.15) is 35.2 Å². The molecule has 0 saturated carbocycles. The summed E-state index contributed by atoms with van der Waals surface area (Å²) < 4.78 is 22.8. The van der Waals surface area contributed by atoms with E-state index >= 15 is 4.39 Å². The van der Waals surface area contributed by atoms with Crippen LogP contribution >= 0.6 is 0 Å². The average molecular weight is 563 g/mol. The van der Waals surface area contributed by atoms with Gasteiger partial charge in [-0.15, -0.1) is 0 Å². The van der Waals surface area contributed by atoms with Crippen LogP contribution in [0.4, 0.5) is 10.1 Å². The van der Waals surface area contributed by atoms with E-state index in [0.29, 0.717) is 23.8 Å². The molecule has 1 fully saturated rings. The van der Waals surface area contributed by atoms with Crippen molar-refractivity contribution in [2.24, 2.45) is 0 Å². The van der Waals surface area contributed by atoms with Gasteiger partial charge in [0.15, 0.2) is 0 Å². The molecule has 8 heteroatoms. The van der Waals surface area contributed by atoms with Crippen LogP contribution in [0.2, 0.25) is 0 Å². The lowest BCUT2D eigenvalue weighted by Crippen LogP contribution is -2.50. The van der Waals surface area contributed by atoms with E-state index in [9.17, 15) is 5.26 Å². The molecule has 0 aliphatic carbocycles. The third-order valence-electron chi connectivity index (χ3n) is 8.17. The number of likely N-dealkylation sites (N-methyl/N-ethyl adjacent to an activating group) is 1. The predicted molar refractivity (Wildman–Crippen MR) is 164 cm³/mol. The molecule has 0 spiro atoms. The maximum absolute atomic E-state index is 17.2. The lowest BCUT2D eigenvalue weighted by Gasteiger charge is -2.41. The standard InChI is InChI=1S/C34H35FN6O/c1-39-33(38-32(24-11-5-3-6-12-24)25-13-7-4-8-14-25)31(35)30(29(22-36)34(39)41-18-15-37-23-41)26-19-27(21-28(20-26)42-2)40-16-9-10-17-40/h3-8,11-15,18-21,32-33,37-38H,9-10,16-17,23H2,1-2H3. The highest BCUT2D eigenvalue weighted by Crippen LogP contribution is 2.42. The van der Waals surface area contributed by atoms with Gasteiger partial charge in [0, 0.05) is 49.9 Å². The van der Waals surface area contributed by atoms with E-state index in [1.807, 2.05) is 108 Å². The van der Waals surface area contributed by atoms with Gasteiger partial charge < -0.3 is 24.8 Å². The molecule has 0 aromatic heterocycles. The highest BCUT2D eigenvalue weighted by molar-refractivity contribution is 5.88. The lowest BCUT2D eigenvalue weighted by molar-refractivity contribution is 0.189. The second-order valence-corrected chi connectivity index (χ2v) is 10.7. The van der Waals surface area contributed by atoms with Crippen LogP contribution in [0.25, 0.3) is 5.57 Å². The zero-order valence-corrected chi connectivity index (χ0v) is 23.9. The van der Waals surface area contributed by atoms with E-state index in [2.05, 4.69) is 21.6 Å². The molecule has 214 valence electrons. The Morgan fingerprint density at radius 2 is 1.67 bits per heavy atom. The number of anilines is 1. The number of benzene rings is 3. The molecular formula is C34H35FN6O.